The van der Waals surface area contributed by atoms with Crippen LogP contribution in [0.3, 0.4) is 0 Å². The molecular formula is C10H12F3N5O8P2. The summed E-state index contributed by atoms with van der Waals surface area (Å²) in [6.07, 6.45) is -4.69. The molecule has 1 saturated heterocycles. The third kappa shape index (κ3) is 4.34. The number of aromatic nitrogens is 4. The first kappa shape index (κ1) is 21.1. The first-order valence-electron chi connectivity index (χ1n) is 7.20. The Labute approximate surface area is 153 Å². The standard InChI is InChI=1S/C10H12F3N5O8P2/c11-4-1-5(18-3-15-6-7(14)16-9(12)17-8(6)18)25-10(4,13)2-24-28(22,23)26-27(19,20)21/h3-5H,1-2H2,(H,22,23)(H2,14,16,17)(H2,19,20,21)/t4-,5+,10+/m0/s1. The minimum Gasteiger partial charge on any atom is -0.382 e. The minimum absolute atomic E-state index is 0.0529. The van der Waals surface area contributed by atoms with E-state index in [0.717, 1.165) is 10.9 Å². The number of hydrogen-bond donors (Lipinski definition) is 4. The van der Waals surface area contributed by atoms with Gasteiger partial charge in [-0.1, -0.05) is 0 Å². The number of nitrogen functional groups attached to an aromatic ring is 1. The molecule has 1 fully saturated rings. The van der Waals surface area contributed by atoms with Crippen molar-refractivity contribution in [3.8, 4) is 0 Å². The largest absolute Gasteiger partial charge is 0.481 e. The molecule has 5 N–H and O–H groups in total. The van der Waals surface area contributed by atoms with Gasteiger partial charge in [-0.3, -0.25) is 9.09 Å². The van der Waals surface area contributed by atoms with Crippen LogP contribution in [0, 0.1) is 6.08 Å². The van der Waals surface area contributed by atoms with Crippen molar-refractivity contribution in [2.75, 3.05) is 12.3 Å². The lowest BCUT2D eigenvalue weighted by molar-refractivity contribution is -0.192. The van der Waals surface area contributed by atoms with E-state index in [0.29, 0.717) is 0 Å². The van der Waals surface area contributed by atoms with Crippen LogP contribution in [0.1, 0.15) is 12.6 Å². The molecule has 13 nitrogen and oxygen atoms in total. The molecule has 2 aromatic rings. The fourth-order valence-electron chi connectivity index (χ4n) is 2.44. The summed E-state index contributed by atoms with van der Waals surface area (Å²) in [7, 11) is -10.9. The topological polar surface area (TPSA) is 192 Å². The van der Waals surface area contributed by atoms with Gasteiger partial charge < -0.3 is 25.2 Å². The van der Waals surface area contributed by atoms with Crippen molar-refractivity contribution in [1.82, 2.24) is 19.5 Å². The Balaban J connectivity index is 1.79. The second-order valence-corrected chi connectivity index (χ2v) is 8.41. The SMILES string of the molecule is Nc1nc(F)nc2c1ncn2[C@H]1C[C@H](F)[C@@](F)(COP(=O)(O)OP(=O)(O)O)O1. The number of hydrogen-bond acceptors (Lipinski definition) is 9. The lowest BCUT2D eigenvalue weighted by Crippen LogP contribution is -2.36. The second kappa shape index (κ2) is 7.00. The highest BCUT2D eigenvalue weighted by Gasteiger charge is 2.53. The number of ether oxygens (including phenoxy) is 1. The lowest BCUT2D eigenvalue weighted by atomic mass is 10.2. The Bertz CT molecular complexity index is 1000. The smallest absolute Gasteiger partial charge is 0.382 e. The van der Waals surface area contributed by atoms with Crippen LogP contribution in [0.15, 0.2) is 6.33 Å². The quantitative estimate of drug-likeness (QED) is 0.357. The summed E-state index contributed by atoms with van der Waals surface area (Å²) < 4.78 is 77.6. The predicted octanol–water partition coefficient (Wildman–Crippen LogP) is 0.697. The maximum atomic E-state index is 14.7. The summed E-state index contributed by atoms with van der Waals surface area (Å²) >= 11 is 0. The van der Waals surface area contributed by atoms with Gasteiger partial charge in [-0.05, 0) is 0 Å². The molecule has 0 aliphatic carbocycles. The fourth-order valence-corrected chi connectivity index (χ4v) is 4.05. The average Bonchev–Trinajstić information content (AvgIpc) is 3.05. The highest BCUT2D eigenvalue weighted by atomic mass is 31.3. The van der Waals surface area contributed by atoms with Crippen LogP contribution in [0.2, 0.25) is 0 Å². The molecule has 18 heteroatoms. The molecule has 1 aliphatic heterocycles. The molecule has 1 unspecified atom stereocenters. The van der Waals surface area contributed by atoms with Gasteiger partial charge in [-0.25, -0.2) is 22.9 Å². The van der Waals surface area contributed by atoms with E-state index < -0.39 is 53.0 Å². The van der Waals surface area contributed by atoms with Gasteiger partial charge in [-0.15, -0.1) is 0 Å². The number of alkyl halides is 2. The third-order valence-corrected chi connectivity index (χ3v) is 5.71. The predicted molar refractivity (Wildman–Crippen MR) is 82.1 cm³/mol. The van der Waals surface area contributed by atoms with Gasteiger partial charge in [0.15, 0.2) is 23.2 Å². The summed E-state index contributed by atoms with van der Waals surface area (Å²) in [4.78, 5) is 36.6. The summed E-state index contributed by atoms with van der Waals surface area (Å²) in [5, 5.41) is 0. The highest BCUT2D eigenvalue weighted by molar-refractivity contribution is 7.60. The van der Waals surface area contributed by atoms with Crippen molar-refractivity contribution < 1.29 is 50.6 Å². The van der Waals surface area contributed by atoms with E-state index in [1.165, 1.54) is 0 Å². The minimum atomic E-state index is -5.44. The molecule has 4 atom stereocenters. The number of halogens is 3. The third-order valence-electron chi connectivity index (χ3n) is 3.57. The van der Waals surface area contributed by atoms with E-state index >= 15 is 0 Å². The van der Waals surface area contributed by atoms with E-state index in [4.69, 9.17) is 25.2 Å². The van der Waals surface area contributed by atoms with Gasteiger partial charge in [0.2, 0.25) is 0 Å². The number of nitrogens with zero attached hydrogens (tertiary/aromatic N) is 4. The van der Waals surface area contributed by atoms with Crippen LogP contribution in [-0.4, -0.2) is 52.8 Å². The number of phosphoric ester groups is 1. The molecule has 0 bridgehead atoms. The summed E-state index contributed by atoms with van der Waals surface area (Å²) in [6.45, 7) is -1.55. The van der Waals surface area contributed by atoms with Crippen molar-refractivity contribution in [3.05, 3.63) is 12.4 Å². The van der Waals surface area contributed by atoms with Crippen LogP contribution in [0.25, 0.3) is 11.2 Å². The number of phosphoric acid groups is 2. The van der Waals surface area contributed by atoms with Gasteiger partial charge in [-0.2, -0.15) is 18.7 Å². The number of anilines is 1. The Morgan fingerprint density at radius 2 is 2.07 bits per heavy atom. The van der Waals surface area contributed by atoms with Crippen LogP contribution in [-0.2, 0) is 22.7 Å². The molecule has 156 valence electrons. The van der Waals surface area contributed by atoms with E-state index in [9.17, 15) is 22.3 Å². The molecule has 0 radical (unpaired) electrons. The highest BCUT2D eigenvalue weighted by Crippen LogP contribution is 2.58. The number of fused-ring (bicyclic) bond motifs is 1. The van der Waals surface area contributed by atoms with Gasteiger partial charge >= 0.3 is 21.7 Å². The summed E-state index contributed by atoms with van der Waals surface area (Å²) in [5.41, 5.74) is 5.21. The second-order valence-electron chi connectivity index (χ2n) is 5.58. The fraction of sp³-hybridized carbons (Fsp3) is 0.500. The molecule has 0 aromatic carbocycles. The lowest BCUT2D eigenvalue weighted by Gasteiger charge is -2.23. The van der Waals surface area contributed by atoms with Crippen molar-refractivity contribution >= 4 is 32.6 Å². The molecule has 3 heterocycles. The van der Waals surface area contributed by atoms with Crippen LogP contribution in [0.4, 0.5) is 19.0 Å². The maximum Gasteiger partial charge on any atom is 0.481 e. The zero-order chi connectivity index (χ0) is 20.9. The Morgan fingerprint density at radius 3 is 2.71 bits per heavy atom. The number of rotatable bonds is 6. The zero-order valence-electron chi connectivity index (χ0n) is 13.4. The van der Waals surface area contributed by atoms with Gasteiger partial charge in [0.25, 0.3) is 5.85 Å². The van der Waals surface area contributed by atoms with Gasteiger partial charge in [0.05, 0.1) is 6.33 Å². The van der Waals surface area contributed by atoms with Crippen molar-refractivity contribution in [2.24, 2.45) is 0 Å². The molecular weight excluding hydrogens is 437 g/mol. The number of nitrogens with two attached hydrogens (primary N) is 1. The Kier molecular flexibility index (Phi) is 5.27. The first-order chi connectivity index (χ1) is 12.8. The first-order valence-corrected chi connectivity index (χ1v) is 10.2. The van der Waals surface area contributed by atoms with Crippen molar-refractivity contribution in [2.45, 2.75) is 24.7 Å². The summed E-state index contributed by atoms with van der Waals surface area (Å²) in [5.74, 6) is -3.61. The van der Waals surface area contributed by atoms with Gasteiger partial charge in [0, 0.05) is 6.42 Å². The number of imidazole rings is 1. The Morgan fingerprint density at radius 1 is 1.39 bits per heavy atom. The molecule has 2 aromatic heterocycles. The summed E-state index contributed by atoms with van der Waals surface area (Å²) in [6, 6.07) is 0. The van der Waals surface area contributed by atoms with Crippen molar-refractivity contribution in [3.63, 3.8) is 0 Å². The molecule has 28 heavy (non-hydrogen) atoms. The molecule has 0 saturated carbocycles. The molecule has 0 amide bonds. The van der Waals surface area contributed by atoms with Gasteiger partial charge in [0.1, 0.15) is 12.8 Å². The van der Waals surface area contributed by atoms with Crippen LogP contribution >= 0.6 is 15.6 Å². The Hall–Kier alpha value is -1.64. The average molecular weight is 449 g/mol. The van der Waals surface area contributed by atoms with E-state index in [2.05, 4.69) is 23.8 Å². The monoisotopic (exact) mass is 449 g/mol. The zero-order valence-corrected chi connectivity index (χ0v) is 15.2. The van der Waals surface area contributed by atoms with Crippen LogP contribution < -0.4 is 5.73 Å². The van der Waals surface area contributed by atoms with E-state index in [1.807, 2.05) is 0 Å². The van der Waals surface area contributed by atoms with E-state index in [-0.39, 0.29) is 17.0 Å². The van der Waals surface area contributed by atoms with Crippen LogP contribution in [0.5, 0.6) is 0 Å². The normalized spacial score (nSPS) is 27.9. The maximum absolute atomic E-state index is 14.7. The van der Waals surface area contributed by atoms with E-state index in [1.54, 1.807) is 0 Å². The van der Waals surface area contributed by atoms with Crippen molar-refractivity contribution in [1.29, 1.82) is 0 Å². The molecule has 0 spiro atoms. The molecule has 1 aliphatic rings. The molecule has 3 rings (SSSR count).